The summed E-state index contributed by atoms with van der Waals surface area (Å²) in [7, 11) is 0. The Morgan fingerprint density at radius 2 is 2.05 bits per heavy atom. The summed E-state index contributed by atoms with van der Waals surface area (Å²) in [6, 6.07) is 2.22. The van der Waals surface area contributed by atoms with Crippen LogP contribution in [0.4, 0.5) is 17.6 Å². The molecule has 7 heteroatoms. The molecule has 1 heterocycles. The Bertz CT molecular complexity index is 678. The average molecular weight is 316 g/mol. The molecule has 1 aromatic carbocycles. The van der Waals surface area contributed by atoms with Crippen LogP contribution in [-0.4, -0.2) is 4.98 Å². The van der Waals surface area contributed by atoms with Gasteiger partial charge in [0, 0.05) is 16.5 Å². The summed E-state index contributed by atoms with van der Waals surface area (Å²) in [5, 5.41) is 0.265. The van der Waals surface area contributed by atoms with Crippen LogP contribution in [0.25, 0.3) is 10.6 Å². The molecule has 0 amide bonds. The standard InChI is InChI=1S/C14H12F4N2S/c15-9-5-4-7(14(16,17)18)6-8(9)13-20-11-3-1-2-10(19)12(11)21-13/h4-6,10H,1-3,19H2. The SMILES string of the molecule is NC1CCCc2nc(-c3cc(C(F)(F)F)ccc3F)sc21. The molecule has 0 aliphatic heterocycles. The van der Waals surface area contributed by atoms with E-state index in [0.29, 0.717) is 0 Å². The molecule has 21 heavy (non-hydrogen) atoms. The molecule has 2 aromatic rings. The van der Waals surface area contributed by atoms with Gasteiger partial charge in [0.2, 0.25) is 0 Å². The number of alkyl halides is 3. The summed E-state index contributed by atoms with van der Waals surface area (Å²) >= 11 is 1.19. The van der Waals surface area contributed by atoms with Gasteiger partial charge in [-0.3, -0.25) is 0 Å². The van der Waals surface area contributed by atoms with Gasteiger partial charge in [-0.15, -0.1) is 11.3 Å². The van der Waals surface area contributed by atoms with E-state index in [2.05, 4.69) is 4.98 Å². The van der Waals surface area contributed by atoms with Crippen molar-refractivity contribution >= 4 is 11.3 Å². The second-order valence-corrected chi connectivity index (χ2v) is 6.05. The van der Waals surface area contributed by atoms with Crippen molar-refractivity contribution < 1.29 is 17.6 Å². The number of rotatable bonds is 1. The van der Waals surface area contributed by atoms with E-state index in [1.165, 1.54) is 11.3 Å². The zero-order chi connectivity index (χ0) is 15.2. The number of nitrogens with zero attached hydrogens (tertiary/aromatic N) is 1. The number of hydrogen-bond acceptors (Lipinski definition) is 3. The summed E-state index contributed by atoms with van der Waals surface area (Å²) in [6.07, 6.45) is -2.06. The highest BCUT2D eigenvalue weighted by Gasteiger charge is 2.32. The lowest BCUT2D eigenvalue weighted by Crippen LogP contribution is -2.15. The van der Waals surface area contributed by atoms with Crippen molar-refractivity contribution in [3.05, 3.63) is 40.2 Å². The topological polar surface area (TPSA) is 38.9 Å². The van der Waals surface area contributed by atoms with E-state index >= 15 is 0 Å². The minimum atomic E-state index is -4.50. The lowest BCUT2D eigenvalue weighted by atomic mass is 9.99. The van der Waals surface area contributed by atoms with Gasteiger partial charge < -0.3 is 5.73 Å². The molecule has 0 saturated carbocycles. The van der Waals surface area contributed by atoms with Gasteiger partial charge in [0.25, 0.3) is 0 Å². The van der Waals surface area contributed by atoms with E-state index < -0.39 is 17.6 Å². The highest BCUT2D eigenvalue weighted by atomic mass is 32.1. The predicted molar refractivity (Wildman–Crippen MR) is 72.4 cm³/mol. The second-order valence-electron chi connectivity index (χ2n) is 5.02. The van der Waals surface area contributed by atoms with Gasteiger partial charge in [-0.2, -0.15) is 13.2 Å². The van der Waals surface area contributed by atoms with E-state index in [9.17, 15) is 17.6 Å². The van der Waals surface area contributed by atoms with Crippen molar-refractivity contribution in [2.75, 3.05) is 0 Å². The van der Waals surface area contributed by atoms with Crippen LogP contribution >= 0.6 is 11.3 Å². The molecule has 112 valence electrons. The van der Waals surface area contributed by atoms with E-state index in [-0.39, 0.29) is 16.6 Å². The van der Waals surface area contributed by atoms with Gasteiger partial charge >= 0.3 is 6.18 Å². The third-order valence-electron chi connectivity index (χ3n) is 3.52. The minimum Gasteiger partial charge on any atom is -0.323 e. The first-order valence-corrected chi connectivity index (χ1v) is 7.30. The second kappa shape index (κ2) is 5.06. The fraction of sp³-hybridized carbons (Fsp3) is 0.357. The number of nitrogens with two attached hydrogens (primary N) is 1. The summed E-state index contributed by atoms with van der Waals surface area (Å²) in [6.45, 7) is 0. The minimum absolute atomic E-state index is 0.114. The summed E-state index contributed by atoms with van der Waals surface area (Å²) in [4.78, 5) is 5.14. The third-order valence-corrected chi connectivity index (χ3v) is 4.78. The quantitative estimate of drug-likeness (QED) is 0.797. The van der Waals surface area contributed by atoms with Crippen molar-refractivity contribution in [3.63, 3.8) is 0 Å². The van der Waals surface area contributed by atoms with E-state index in [4.69, 9.17) is 5.73 Å². The molecule has 0 bridgehead atoms. The maximum absolute atomic E-state index is 13.9. The van der Waals surface area contributed by atoms with Crippen LogP contribution in [0.15, 0.2) is 18.2 Å². The van der Waals surface area contributed by atoms with Crippen LogP contribution < -0.4 is 5.73 Å². The lowest BCUT2D eigenvalue weighted by Gasteiger charge is -2.15. The number of fused-ring (bicyclic) bond motifs is 1. The van der Waals surface area contributed by atoms with Crippen molar-refractivity contribution in [1.29, 1.82) is 0 Å². The number of halogens is 4. The van der Waals surface area contributed by atoms with Crippen LogP contribution in [-0.2, 0) is 12.6 Å². The van der Waals surface area contributed by atoms with Crippen LogP contribution in [0, 0.1) is 5.82 Å². The molecule has 2 nitrogen and oxygen atoms in total. The van der Waals surface area contributed by atoms with Crippen molar-refractivity contribution in [1.82, 2.24) is 4.98 Å². The first-order chi connectivity index (χ1) is 9.86. The van der Waals surface area contributed by atoms with Gasteiger partial charge in [-0.25, -0.2) is 9.37 Å². The number of hydrogen-bond donors (Lipinski definition) is 1. The Labute approximate surface area is 122 Å². The monoisotopic (exact) mass is 316 g/mol. The van der Waals surface area contributed by atoms with Crippen LogP contribution in [0.5, 0.6) is 0 Å². The fourth-order valence-electron chi connectivity index (χ4n) is 2.43. The molecule has 3 rings (SSSR count). The average Bonchev–Trinajstić information content (AvgIpc) is 2.83. The maximum atomic E-state index is 13.9. The molecular formula is C14H12F4N2S. The van der Waals surface area contributed by atoms with Gasteiger partial charge in [-0.1, -0.05) is 0 Å². The molecule has 1 unspecified atom stereocenters. The fourth-order valence-corrected chi connectivity index (χ4v) is 3.60. The summed E-state index contributed by atoms with van der Waals surface area (Å²) < 4.78 is 52.1. The van der Waals surface area contributed by atoms with Crippen LogP contribution in [0.2, 0.25) is 0 Å². The lowest BCUT2D eigenvalue weighted by molar-refractivity contribution is -0.137. The first kappa shape index (κ1) is 14.5. The number of benzene rings is 1. The van der Waals surface area contributed by atoms with Gasteiger partial charge in [0.15, 0.2) is 0 Å². The third kappa shape index (κ3) is 2.67. The summed E-state index contributed by atoms with van der Waals surface area (Å²) in [5.41, 5.74) is 5.76. The molecule has 2 N–H and O–H groups in total. The molecule has 0 spiro atoms. The molecule has 1 aromatic heterocycles. The molecule has 1 aliphatic rings. The number of thiazole rings is 1. The van der Waals surface area contributed by atoms with Crippen molar-refractivity contribution in [2.24, 2.45) is 5.73 Å². The Morgan fingerprint density at radius 1 is 1.29 bits per heavy atom. The van der Waals surface area contributed by atoms with Gasteiger partial charge in [-0.05, 0) is 37.5 Å². The van der Waals surface area contributed by atoms with Gasteiger partial charge in [0.05, 0.1) is 11.3 Å². The Morgan fingerprint density at radius 3 is 2.71 bits per heavy atom. The van der Waals surface area contributed by atoms with E-state index in [1.54, 1.807) is 0 Å². The molecule has 0 radical (unpaired) electrons. The van der Waals surface area contributed by atoms with Crippen LogP contribution in [0.3, 0.4) is 0 Å². The summed E-state index contributed by atoms with van der Waals surface area (Å²) in [5.74, 6) is -0.706. The van der Waals surface area contributed by atoms with Crippen molar-refractivity contribution in [2.45, 2.75) is 31.5 Å². The van der Waals surface area contributed by atoms with E-state index in [0.717, 1.165) is 48.0 Å². The number of aromatic nitrogens is 1. The highest BCUT2D eigenvalue weighted by molar-refractivity contribution is 7.15. The molecule has 1 aliphatic carbocycles. The van der Waals surface area contributed by atoms with E-state index in [1.807, 2.05) is 0 Å². The first-order valence-electron chi connectivity index (χ1n) is 6.48. The largest absolute Gasteiger partial charge is 0.416 e. The highest BCUT2D eigenvalue weighted by Crippen LogP contribution is 2.39. The predicted octanol–water partition coefficient (Wildman–Crippen LogP) is 4.30. The normalized spacial score (nSPS) is 18.6. The molecular weight excluding hydrogens is 304 g/mol. The smallest absolute Gasteiger partial charge is 0.323 e. The van der Waals surface area contributed by atoms with Crippen molar-refractivity contribution in [3.8, 4) is 10.6 Å². The molecule has 0 fully saturated rings. The Balaban J connectivity index is 2.08. The Kier molecular flexibility index (Phi) is 3.49. The molecule has 1 atom stereocenters. The Hall–Kier alpha value is -1.47. The maximum Gasteiger partial charge on any atom is 0.416 e. The van der Waals surface area contributed by atoms with Crippen LogP contribution in [0.1, 0.15) is 35.0 Å². The zero-order valence-electron chi connectivity index (χ0n) is 10.9. The number of aryl methyl sites for hydroxylation is 1. The van der Waals surface area contributed by atoms with Gasteiger partial charge in [0.1, 0.15) is 10.8 Å². The molecule has 0 saturated heterocycles. The zero-order valence-corrected chi connectivity index (χ0v) is 11.7.